The molecule has 0 aromatic rings. The van der Waals surface area contributed by atoms with E-state index in [0.29, 0.717) is 31.3 Å². The minimum Gasteiger partial charge on any atom is -0.458 e. The molecule has 1 aliphatic heterocycles. The molecule has 5 rings (SSSR count). The molecule has 9 atom stereocenters. The van der Waals surface area contributed by atoms with Gasteiger partial charge in [0.15, 0.2) is 0 Å². The zero-order valence-electron chi connectivity index (χ0n) is 17.1. The van der Waals surface area contributed by atoms with Gasteiger partial charge in [-0.15, -0.1) is 0 Å². The number of esters is 1. The number of carbonyl (C=O) groups excluding carboxylic acids is 1. The lowest BCUT2D eigenvalue weighted by molar-refractivity contribution is -0.244. The van der Waals surface area contributed by atoms with Crippen molar-refractivity contribution in [2.75, 3.05) is 6.61 Å². The first-order valence-corrected chi connectivity index (χ1v) is 11.2. The Kier molecular flexibility index (Phi) is 4.12. The topological polar surface area (TPSA) is 87.0 Å². The lowest BCUT2D eigenvalue weighted by Crippen LogP contribution is -2.67. The van der Waals surface area contributed by atoms with E-state index in [9.17, 15) is 20.1 Å². The number of hydrogen-bond acceptors (Lipinski definition) is 5. The maximum atomic E-state index is 12.1. The van der Waals surface area contributed by atoms with Crippen LogP contribution < -0.4 is 0 Å². The number of cyclic esters (lactones) is 1. The Labute approximate surface area is 167 Å². The normalized spacial score (nSPS) is 55.8. The summed E-state index contributed by atoms with van der Waals surface area (Å²) in [6, 6.07) is 0. The van der Waals surface area contributed by atoms with Gasteiger partial charge in [0, 0.05) is 11.5 Å². The average molecular weight is 391 g/mol. The number of aliphatic hydroxyl groups excluding tert-OH is 2. The molecular formula is C23H34O5. The number of rotatable bonds is 1. The molecule has 1 heterocycles. The minimum atomic E-state index is -0.906. The average Bonchev–Trinajstić information content (AvgIpc) is 3.19. The zero-order chi connectivity index (χ0) is 19.9. The van der Waals surface area contributed by atoms with Crippen LogP contribution in [0.2, 0.25) is 0 Å². The highest BCUT2D eigenvalue weighted by molar-refractivity contribution is 5.85. The predicted molar refractivity (Wildman–Crippen MR) is 103 cm³/mol. The first-order chi connectivity index (χ1) is 13.2. The quantitative estimate of drug-likeness (QED) is 0.599. The van der Waals surface area contributed by atoms with E-state index in [1.54, 1.807) is 6.08 Å². The molecule has 0 aromatic carbocycles. The molecular weight excluding hydrogens is 356 g/mol. The van der Waals surface area contributed by atoms with E-state index < -0.39 is 17.1 Å². The van der Waals surface area contributed by atoms with Gasteiger partial charge in [-0.3, -0.25) is 0 Å². The molecule has 0 saturated heterocycles. The Morgan fingerprint density at radius 3 is 2.54 bits per heavy atom. The van der Waals surface area contributed by atoms with Crippen LogP contribution in [0.15, 0.2) is 11.6 Å². The summed E-state index contributed by atoms with van der Waals surface area (Å²) in [4.78, 5) is 11.6. The standard InChI is InChI=1S/C23H34O5/c1-21-7-5-15(24)10-14(21)3-4-17-18(21)11-19(25)22(2)16(6-8-23(17,22)27)13-9-20(26)28-12-13/h9,14-19,24-25,27H,3-8,10-12H2,1-2H3/t14-,15+,16-,17+,18+,19-,21+,22+,23+/m1/s1. The third kappa shape index (κ3) is 2.27. The van der Waals surface area contributed by atoms with Crippen molar-refractivity contribution in [2.24, 2.45) is 34.5 Å². The second kappa shape index (κ2) is 6.05. The van der Waals surface area contributed by atoms with Crippen LogP contribution in [0.3, 0.4) is 0 Å². The molecule has 4 saturated carbocycles. The molecule has 4 fully saturated rings. The fraction of sp³-hybridized carbons (Fsp3) is 0.870. The van der Waals surface area contributed by atoms with Gasteiger partial charge in [0.2, 0.25) is 0 Å². The third-order valence-corrected chi connectivity index (χ3v) is 10.0. The second-order valence-electron chi connectivity index (χ2n) is 10.8. The zero-order valence-corrected chi connectivity index (χ0v) is 17.1. The van der Waals surface area contributed by atoms with Crippen LogP contribution >= 0.6 is 0 Å². The van der Waals surface area contributed by atoms with Crippen molar-refractivity contribution >= 4 is 5.97 Å². The second-order valence-corrected chi connectivity index (χ2v) is 10.8. The van der Waals surface area contributed by atoms with Crippen LogP contribution in [0.1, 0.15) is 65.2 Å². The highest BCUT2D eigenvalue weighted by Crippen LogP contribution is 2.69. The maximum absolute atomic E-state index is 12.1. The van der Waals surface area contributed by atoms with Gasteiger partial charge < -0.3 is 20.1 Å². The lowest BCUT2D eigenvalue weighted by Gasteiger charge is -2.64. The molecule has 5 heteroatoms. The fourth-order valence-electron chi connectivity index (χ4n) is 8.37. The molecule has 0 unspecified atom stereocenters. The largest absolute Gasteiger partial charge is 0.458 e. The SMILES string of the molecule is C[C@]12CC[C@H](O)C[C@H]1CC[C@H]1[C@@H]2C[C@@H](O)[C@]2(C)[C@@H](C3=CC(=O)OC3)CC[C@]12O. The summed E-state index contributed by atoms with van der Waals surface area (Å²) in [7, 11) is 0. The van der Waals surface area contributed by atoms with Gasteiger partial charge in [0.25, 0.3) is 0 Å². The third-order valence-electron chi connectivity index (χ3n) is 10.0. The van der Waals surface area contributed by atoms with Crippen molar-refractivity contribution < 1.29 is 24.9 Å². The van der Waals surface area contributed by atoms with Crippen LogP contribution in [-0.4, -0.2) is 45.7 Å². The summed E-state index contributed by atoms with van der Waals surface area (Å²) in [6.45, 7) is 4.69. The van der Waals surface area contributed by atoms with Crippen molar-refractivity contribution in [1.29, 1.82) is 0 Å². The Balaban J connectivity index is 1.51. The summed E-state index contributed by atoms with van der Waals surface area (Å²) in [5.74, 6) is 0.657. The lowest BCUT2D eigenvalue weighted by atomic mass is 9.42. The van der Waals surface area contributed by atoms with Crippen molar-refractivity contribution in [3.8, 4) is 0 Å². The van der Waals surface area contributed by atoms with Crippen LogP contribution in [0.25, 0.3) is 0 Å². The summed E-state index contributed by atoms with van der Waals surface area (Å²) >= 11 is 0. The molecule has 0 amide bonds. The van der Waals surface area contributed by atoms with Gasteiger partial charge in [0.1, 0.15) is 6.61 Å². The molecule has 28 heavy (non-hydrogen) atoms. The summed E-state index contributed by atoms with van der Waals surface area (Å²) in [6.07, 6.45) is 7.69. The van der Waals surface area contributed by atoms with Crippen LogP contribution in [0.4, 0.5) is 0 Å². The van der Waals surface area contributed by atoms with Gasteiger partial charge in [0.05, 0.1) is 17.8 Å². The van der Waals surface area contributed by atoms with Gasteiger partial charge in [-0.2, -0.15) is 0 Å². The van der Waals surface area contributed by atoms with Crippen LogP contribution in [0, 0.1) is 34.5 Å². The van der Waals surface area contributed by atoms with E-state index in [2.05, 4.69) is 6.92 Å². The molecule has 3 N–H and O–H groups in total. The molecule has 0 spiro atoms. The highest BCUT2D eigenvalue weighted by Gasteiger charge is 2.70. The van der Waals surface area contributed by atoms with Crippen molar-refractivity contribution in [2.45, 2.75) is 83.0 Å². The Hall–Kier alpha value is -0.910. The highest BCUT2D eigenvalue weighted by atomic mass is 16.5. The first-order valence-electron chi connectivity index (χ1n) is 11.2. The maximum Gasteiger partial charge on any atom is 0.331 e. The van der Waals surface area contributed by atoms with Crippen LogP contribution in [0.5, 0.6) is 0 Å². The molecule has 5 nitrogen and oxygen atoms in total. The summed E-state index contributed by atoms with van der Waals surface area (Å²) < 4.78 is 5.16. The molecule has 156 valence electrons. The van der Waals surface area contributed by atoms with E-state index in [1.807, 2.05) is 6.92 Å². The number of aliphatic hydroxyl groups is 3. The molecule has 0 bridgehead atoms. The van der Waals surface area contributed by atoms with Crippen LogP contribution in [-0.2, 0) is 9.53 Å². The Bertz CT molecular complexity index is 718. The van der Waals surface area contributed by atoms with E-state index in [-0.39, 0.29) is 29.3 Å². The Morgan fingerprint density at radius 1 is 1.04 bits per heavy atom. The summed E-state index contributed by atoms with van der Waals surface area (Å²) in [5, 5.41) is 33.7. The number of ether oxygens (including phenoxy) is 1. The summed E-state index contributed by atoms with van der Waals surface area (Å²) in [5.41, 5.74) is -0.507. The Morgan fingerprint density at radius 2 is 1.82 bits per heavy atom. The van der Waals surface area contributed by atoms with E-state index in [1.165, 1.54) is 0 Å². The van der Waals surface area contributed by atoms with Gasteiger partial charge >= 0.3 is 5.97 Å². The smallest absolute Gasteiger partial charge is 0.331 e. The van der Waals surface area contributed by atoms with E-state index in [4.69, 9.17) is 4.74 Å². The van der Waals surface area contributed by atoms with Crippen molar-refractivity contribution in [3.63, 3.8) is 0 Å². The number of fused-ring (bicyclic) bond motifs is 5. The molecule has 5 aliphatic rings. The van der Waals surface area contributed by atoms with Gasteiger partial charge in [-0.1, -0.05) is 13.8 Å². The molecule has 0 radical (unpaired) electrons. The fourth-order valence-corrected chi connectivity index (χ4v) is 8.37. The monoisotopic (exact) mass is 390 g/mol. The van der Waals surface area contributed by atoms with Crippen molar-refractivity contribution in [3.05, 3.63) is 11.6 Å². The first kappa shape index (κ1) is 19.1. The van der Waals surface area contributed by atoms with Crippen molar-refractivity contribution in [1.82, 2.24) is 0 Å². The number of carbonyl (C=O) groups is 1. The van der Waals surface area contributed by atoms with Gasteiger partial charge in [-0.05, 0) is 86.0 Å². The minimum absolute atomic E-state index is 0.00129. The van der Waals surface area contributed by atoms with E-state index >= 15 is 0 Å². The molecule has 0 aromatic heterocycles. The number of hydrogen-bond donors (Lipinski definition) is 3. The predicted octanol–water partition coefficient (Wildman–Crippen LogP) is 2.58. The molecule has 4 aliphatic carbocycles. The van der Waals surface area contributed by atoms with Gasteiger partial charge in [-0.25, -0.2) is 4.79 Å². The van der Waals surface area contributed by atoms with E-state index in [0.717, 1.165) is 44.1 Å².